The molecule has 9 nitrogen and oxygen atoms in total. The van der Waals surface area contributed by atoms with E-state index in [4.69, 9.17) is 19.3 Å². The molecule has 12 rings (SSSR count). The third kappa shape index (κ3) is 15.3. The molecule has 1 unspecified atom stereocenters. The number of rotatable bonds is 6. The van der Waals surface area contributed by atoms with Crippen LogP contribution in [-0.4, -0.2) is 61.1 Å². The van der Waals surface area contributed by atoms with Gasteiger partial charge in [-0.15, -0.1) is 24.0 Å². The number of hydrogen-bond donors (Lipinski definition) is 6. The molecule has 5 heterocycles. The van der Waals surface area contributed by atoms with E-state index in [1.54, 1.807) is 28.3 Å². The molecule has 6 N–H and O–H groups in total. The Hall–Kier alpha value is -2.40. The van der Waals surface area contributed by atoms with Crippen molar-refractivity contribution in [3.05, 3.63) is 195 Å². The number of H-pyrrole nitrogens is 3. The summed E-state index contributed by atoms with van der Waals surface area (Å²) < 4.78 is 15.8. The number of aryl methyl sites for hydroxylation is 4. The van der Waals surface area contributed by atoms with Crippen molar-refractivity contribution in [1.29, 1.82) is 0 Å². The average molecular weight is 1680 g/mol. The van der Waals surface area contributed by atoms with Crippen molar-refractivity contribution < 1.29 is 32.6 Å². The van der Waals surface area contributed by atoms with Crippen LogP contribution in [0.2, 0.25) is 0 Å². The average Bonchev–Trinajstić information content (AvgIpc) is 4.13. The number of aliphatic hydroxyl groups excluding tert-OH is 1. The van der Waals surface area contributed by atoms with Gasteiger partial charge in [-0.2, -0.15) is 0 Å². The van der Waals surface area contributed by atoms with Crippen LogP contribution in [0.25, 0.3) is 32.7 Å². The molecule has 3 aromatic heterocycles. The number of aliphatic hydroxyl groups is 1. The molecule has 0 saturated carbocycles. The van der Waals surface area contributed by atoms with E-state index in [9.17, 15) is 0 Å². The van der Waals surface area contributed by atoms with Crippen molar-refractivity contribution >= 4 is 131 Å². The Kier molecular flexibility index (Phi) is 25.4. The number of ether oxygens (including phenoxy) is 3. The normalized spacial score (nSPS) is 16.0. The zero-order valence-electron chi connectivity index (χ0n) is 43.5. The van der Waals surface area contributed by atoms with Crippen molar-refractivity contribution in [2.24, 2.45) is 0 Å². The molecule has 400 valence electrons. The summed E-state index contributed by atoms with van der Waals surface area (Å²) in [5.74, 6) is 3.19. The van der Waals surface area contributed by atoms with E-state index in [1.807, 2.05) is 24.3 Å². The van der Waals surface area contributed by atoms with E-state index < -0.39 is 0 Å². The van der Waals surface area contributed by atoms with Gasteiger partial charge in [-0.3, -0.25) is 0 Å². The quantitative estimate of drug-likeness (QED) is 0.0923. The summed E-state index contributed by atoms with van der Waals surface area (Å²) in [5, 5.41) is 19.0. The van der Waals surface area contributed by atoms with Crippen molar-refractivity contribution in [3.8, 4) is 17.2 Å². The summed E-state index contributed by atoms with van der Waals surface area (Å²) in [6, 6.07) is 45.7. The minimum atomic E-state index is 0. The molecule has 9 aromatic rings. The van der Waals surface area contributed by atoms with Crippen LogP contribution in [-0.2, 0) is 19.3 Å². The number of halogens is 6. The van der Waals surface area contributed by atoms with Gasteiger partial charge >= 0.3 is 50.5 Å². The van der Waals surface area contributed by atoms with Crippen LogP contribution in [0.3, 0.4) is 0 Å². The minimum absolute atomic E-state index is 0. The van der Waals surface area contributed by atoms with Crippen LogP contribution < -0.4 is 38.1 Å². The van der Waals surface area contributed by atoms with Gasteiger partial charge in [-0.1, -0.05) is 71.3 Å². The summed E-state index contributed by atoms with van der Waals surface area (Å²) in [4.78, 5) is 10.9. The third-order valence-corrected chi connectivity index (χ3v) is 14.0. The Labute approximate surface area is 513 Å². The fourth-order valence-electron chi connectivity index (χ4n) is 10.6. The fourth-order valence-corrected chi connectivity index (χ4v) is 10.6. The van der Waals surface area contributed by atoms with Crippen LogP contribution in [0.5, 0.6) is 17.2 Å². The monoisotopic (exact) mass is 1680 g/mol. The summed E-state index contributed by atoms with van der Waals surface area (Å²) in [6.07, 6.45) is 5.80. The van der Waals surface area contributed by atoms with Crippen molar-refractivity contribution in [3.63, 3.8) is 0 Å². The van der Waals surface area contributed by atoms with Crippen molar-refractivity contribution in [1.82, 2.24) is 25.6 Å². The second kappa shape index (κ2) is 30.8. The maximum absolute atomic E-state index is 7.57. The van der Waals surface area contributed by atoms with Crippen LogP contribution in [0.1, 0.15) is 105 Å². The number of methoxy groups -OCH3 is 3. The molecule has 0 saturated heterocycles. The molecule has 6 aromatic carbocycles. The first-order chi connectivity index (χ1) is 36.1. The summed E-state index contributed by atoms with van der Waals surface area (Å²) in [6.45, 7) is 10.4. The van der Waals surface area contributed by atoms with E-state index in [2.05, 4.69) is 224 Å². The standard InChI is InChI=1S/C20H21NO.2C19H20N2O.C2H6O.I3.I2.HI/c1-13-6-11-19-18(12-13)17-5-3-4-16(20(17)21-19)14-7-9-15(22-2)10-8-14;2*1-12-3-8-17-16(11-12)15-9-10-20-18(19(15)21-17)13-4-6-14(22-2)7-5-13;1-2-3;1-3-2;1-2;/h6-12,16,21H,3-5H2,1-2H3;2*3-8,11,18,20-21H,9-10H2,1-2H3;3H,2H2,1H3;;;1H/q;;;;-1;;/t16-;18-;;;;;/m00...../s1. The molecule has 0 radical (unpaired) electrons. The van der Waals surface area contributed by atoms with Gasteiger partial charge in [-0.05, 0) is 166 Å². The molecule has 75 heavy (non-hydrogen) atoms. The number of benzene rings is 6. The third-order valence-electron chi connectivity index (χ3n) is 14.0. The van der Waals surface area contributed by atoms with Crippen LogP contribution >= 0.6 is 98.4 Å². The fraction of sp³-hybridized carbons (Fsp3) is 0.300. The SMILES string of the molecule is CCO.COc1ccc(C2NCCc3c2[nH]c2ccc(C)cc32)cc1.COc1ccc([C@@H]2CCCc3c2[nH]c2ccc(C)cc32)cc1.COc1ccc([C@@H]2NCCc3c2[nH]c2ccc(C)cc32)cc1.I.II.I[I-]I. The van der Waals surface area contributed by atoms with Crippen LogP contribution in [0, 0.1) is 20.8 Å². The van der Waals surface area contributed by atoms with E-state index in [1.165, 1.54) is 119 Å². The molecular formula is C60H68I6N5O4-. The van der Waals surface area contributed by atoms with Gasteiger partial charge < -0.3 is 44.9 Å². The first-order valence-corrected chi connectivity index (χ1v) is 43.8. The molecule has 0 spiro atoms. The van der Waals surface area contributed by atoms with Crippen LogP contribution in [0.15, 0.2) is 127 Å². The Morgan fingerprint density at radius 3 is 1.17 bits per heavy atom. The van der Waals surface area contributed by atoms with Crippen molar-refractivity contribution in [2.45, 2.75) is 77.8 Å². The predicted octanol–water partition coefficient (Wildman–Crippen LogP) is 13.6. The molecular weight excluding hydrogens is 1620 g/mol. The van der Waals surface area contributed by atoms with Gasteiger partial charge in [0, 0.05) is 113 Å². The number of aromatic nitrogens is 3. The zero-order valence-corrected chi connectivity index (χ0v) is 56.6. The molecule has 3 aliphatic rings. The maximum atomic E-state index is 7.57. The molecule has 1 aliphatic carbocycles. The van der Waals surface area contributed by atoms with Gasteiger partial charge in [0.2, 0.25) is 0 Å². The molecule has 3 atom stereocenters. The Balaban J connectivity index is 0.000000170. The van der Waals surface area contributed by atoms with Crippen molar-refractivity contribution in [2.75, 3.05) is 41.0 Å². The molecule has 0 amide bonds. The Morgan fingerprint density at radius 1 is 0.507 bits per heavy atom. The second-order valence-corrected chi connectivity index (χ2v) is 34.9. The molecule has 0 fully saturated rings. The number of hydrogen-bond acceptors (Lipinski definition) is 6. The topological polar surface area (TPSA) is 119 Å². The predicted molar refractivity (Wildman–Crippen MR) is 354 cm³/mol. The first-order valence-electron chi connectivity index (χ1n) is 25.0. The first kappa shape index (κ1) is 61.8. The zero-order chi connectivity index (χ0) is 52.7. The number of aromatic amines is 3. The van der Waals surface area contributed by atoms with E-state index in [0.29, 0.717) is 19.2 Å². The number of fused-ring (bicyclic) bond motifs is 9. The molecule has 15 heteroatoms. The van der Waals surface area contributed by atoms with E-state index in [-0.39, 0.29) is 42.7 Å². The van der Waals surface area contributed by atoms with Crippen LogP contribution in [0.4, 0.5) is 0 Å². The number of nitrogens with one attached hydrogen (secondary N) is 5. The summed E-state index contributed by atoms with van der Waals surface area (Å²) in [7, 11) is 5.12. The van der Waals surface area contributed by atoms with Gasteiger partial charge in [0.15, 0.2) is 0 Å². The Bertz CT molecular complexity index is 2850. The summed E-state index contributed by atoms with van der Waals surface area (Å²) in [5.41, 5.74) is 20.1. The summed E-state index contributed by atoms with van der Waals surface area (Å²) >= 11 is 9.54. The molecule has 2 aliphatic heterocycles. The van der Waals surface area contributed by atoms with E-state index >= 15 is 0 Å². The van der Waals surface area contributed by atoms with Gasteiger partial charge in [-0.25, -0.2) is 0 Å². The van der Waals surface area contributed by atoms with Gasteiger partial charge in [0.25, 0.3) is 0 Å². The van der Waals surface area contributed by atoms with Gasteiger partial charge in [0.05, 0.1) is 33.4 Å². The van der Waals surface area contributed by atoms with E-state index in [0.717, 1.165) is 43.2 Å². The molecule has 0 bridgehead atoms. The van der Waals surface area contributed by atoms with Gasteiger partial charge in [0.1, 0.15) is 17.2 Å². The Morgan fingerprint density at radius 2 is 0.827 bits per heavy atom. The second-order valence-electron chi connectivity index (χ2n) is 18.6.